The Bertz CT molecular complexity index is 208. The lowest BCUT2D eigenvalue weighted by molar-refractivity contribution is -0.147. The fraction of sp³-hybridized carbons (Fsp3) is 0.778. The number of hydrogen-bond acceptors (Lipinski definition) is 4. The molecule has 1 aliphatic rings. The molecule has 0 radical (unpaired) electrons. The van der Waals surface area contributed by atoms with Gasteiger partial charge in [0, 0.05) is 0 Å². The quantitative estimate of drug-likeness (QED) is 0.385. The second kappa shape index (κ2) is 6.36. The standard InChI is InChI=1S/C6H14N2.C3H4O4/c7-6(8)4-2-1-3-5-6;4-2(5)1-3(6)7/h1-5,7-8H2;1H2,(H,4,5)(H,6,7). The molecule has 0 atom stereocenters. The fourth-order valence-corrected chi connectivity index (χ4v) is 1.34. The number of rotatable bonds is 2. The molecular weight excluding hydrogens is 200 g/mol. The predicted molar refractivity (Wildman–Crippen MR) is 54.1 cm³/mol. The molecule has 0 saturated heterocycles. The molecule has 0 unspecified atom stereocenters. The van der Waals surface area contributed by atoms with Crippen molar-refractivity contribution in [3.05, 3.63) is 0 Å². The summed E-state index contributed by atoms with van der Waals surface area (Å²) in [7, 11) is 0. The maximum Gasteiger partial charge on any atom is 0.314 e. The van der Waals surface area contributed by atoms with E-state index in [2.05, 4.69) is 0 Å². The first-order valence-electron chi connectivity index (χ1n) is 4.85. The van der Waals surface area contributed by atoms with Gasteiger partial charge in [-0.25, -0.2) is 0 Å². The molecule has 0 heterocycles. The summed E-state index contributed by atoms with van der Waals surface area (Å²) in [6, 6.07) is 0. The van der Waals surface area contributed by atoms with Crippen LogP contribution in [-0.4, -0.2) is 27.8 Å². The van der Waals surface area contributed by atoms with Gasteiger partial charge in [-0.15, -0.1) is 0 Å². The topological polar surface area (TPSA) is 127 Å². The summed E-state index contributed by atoms with van der Waals surface area (Å²) < 4.78 is 0. The van der Waals surface area contributed by atoms with Gasteiger partial charge in [-0.1, -0.05) is 19.3 Å². The van der Waals surface area contributed by atoms with E-state index in [9.17, 15) is 9.59 Å². The van der Waals surface area contributed by atoms with Crippen LogP contribution in [0.5, 0.6) is 0 Å². The molecule has 0 amide bonds. The lowest BCUT2D eigenvalue weighted by Gasteiger charge is -2.28. The van der Waals surface area contributed by atoms with E-state index in [0.717, 1.165) is 12.8 Å². The van der Waals surface area contributed by atoms with E-state index in [4.69, 9.17) is 21.7 Å². The van der Waals surface area contributed by atoms with E-state index in [0.29, 0.717) is 0 Å². The van der Waals surface area contributed by atoms with Crippen LogP contribution in [0.25, 0.3) is 0 Å². The minimum absolute atomic E-state index is 0.321. The minimum Gasteiger partial charge on any atom is -0.481 e. The third-order valence-electron chi connectivity index (χ3n) is 2.09. The Morgan fingerprint density at radius 1 is 1.00 bits per heavy atom. The van der Waals surface area contributed by atoms with Crippen molar-refractivity contribution in [3.8, 4) is 0 Å². The monoisotopic (exact) mass is 218 g/mol. The van der Waals surface area contributed by atoms with E-state index in [1.807, 2.05) is 0 Å². The molecule has 88 valence electrons. The molecular formula is C9H18N2O4. The summed E-state index contributed by atoms with van der Waals surface area (Å²) >= 11 is 0. The summed E-state index contributed by atoms with van der Waals surface area (Å²) in [5, 5.41) is 15.4. The Balaban J connectivity index is 0.000000265. The Morgan fingerprint density at radius 3 is 1.53 bits per heavy atom. The van der Waals surface area contributed by atoms with Crippen LogP contribution in [0, 0.1) is 0 Å². The van der Waals surface area contributed by atoms with Crippen LogP contribution in [0.3, 0.4) is 0 Å². The first-order chi connectivity index (χ1) is 6.83. The van der Waals surface area contributed by atoms with Crippen LogP contribution in [-0.2, 0) is 9.59 Å². The summed E-state index contributed by atoms with van der Waals surface area (Å²) in [6.07, 6.45) is 4.95. The zero-order valence-corrected chi connectivity index (χ0v) is 8.61. The summed E-state index contributed by atoms with van der Waals surface area (Å²) in [6.45, 7) is 0. The van der Waals surface area contributed by atoms with E-state index < -0.39 is 18.4 Å². The van der Waals surface area contributed by atoms with Crippen LogP contribution >= 0.6 is 0 Å². The van der Waals surface area contributed by atoms with Gasteiger partial charge in [-0.3, -0.25) is 9.59 Å². The maximum absolute atomic E-state index is 9.43. The first-order valence-corrected chi connectivity index (χ1v) is 4.85. The smallest absolute Gasteiger partial charge is 0.314 e. The fourth-order valence-electron chi connectivity index (χ4n) is 1.34. The van der Waals surface area contributed by atoms with Gasteiger partial charge in [-0.05, 0) is 12.8 Å². The minimum atomic E-state index is -1.31. The van der Waals surface area contributed by atoms with Gasteiger partial charge >= 0.3 is 11.9 Å². The van der Waals surface area contributed by atoms with Crippen molar-refractivity contribution in [1.82, 2.24) is 0 Å². The number of carboxylic acids is 2. The number of carbonyl (C=O) groups is 2. The lowest BCUT2D eigenvalue weighted by atomic mass is 9.91. The van der Waals surface area contributed by atoms with Gasteiger partial charge in [0.2, 0.25) is 0 Å². The van der Waals surface area contributed by atoms with Crippen molar-refractivity contribution in [2.24, 2.45) is 11.5 Å². The predicted octanol–water partition coefficient (Wildman–Crippen LogP) is 0.110. The molecule has 0 aromatic carbocycles. The molecule has 1 saturated carbocycles. The average Bonchev–Trinajstić information content (AvgIpc) is 2.01. The molecule has 15 heavy (non-hydrogen) atoms. The Morgan fingerprint density at radius 2 is 1.40 bits per heavy atom. The van der Waals surface area contributed by atoms with Crippen LogP contribution in [0.4, 0.5) is 0 Å². The normalized spacial score (nSPS) is 18.5. The second-order valence-electron chi connectivity index (χ2n) is 3.76. The Kier molecular flexibility index (Phi) is 5.88. The van der Waals surface area contributed by atoms with Gasteiger partial charge < -0.3 is 21.7 Å². The van der Waals surface area contributed by atoms with Crippen molar-refractivity contribution in [3.63, 3.8) is 0 Å². The van der Waals surface area contributed by atoms with Gasteiger partial charge in [-0.2, -0.15) is 0 Å². The number of nitrogens with two attached hydrogens (primary N) is 2. The van der Waals surface area contributed by atoms with Gasteiger partial charge in [0.1, 0.15) is 6.42 Å². The SMILES string of the molecule is NC1(N)CCCCC1.O=C(O)CC(=O)O. The average molecular weight is 218 g/mol. The highest BCUT2D eigenvalue weighted by Gasteiger charge is 2.21. The Hall–Kier alpha value is -1.14. The van der Waals surface area contributed by atoms with E-state index in [1.165, 1.54) is 19.3 Å². The molecule has 1 aliphatic carbocycles. The molecule has 0 aromatic rings. The van der Waals surface area contributed by atoms with Crippen molar-refractivity contribution in [2.45, 2.75) is 44.2 Å². The molecule has 0 aromatic heterocycles. The summed E-state index contributed by atoms with van der Waals surface area (Å²) in [5.41, 5.74) is 11.0. The highest BCUT2D eigenvalue weighted by Crippen LogP contribution is 2.20. The van der Waals surface area contributed by atoms with Gasteiger partial charge in [0.25, 0.3) is 0 Å². The van der Waals surface area contributed by atoms with Crippen molar-refractivity contribution in [1.29, 1.82) is 0 Å². The largest absolute Gasteiger partial charge is 0.481 e. The molecule has 0 spiro atoms. The van der Waals surface area contributed by atoms with E-state index >= 15 is 0 Å². The molecule has 6 heteroatoms. The molecule has 1 rings (SSSR count). The highest BCUT2D eigenvalue weighted by atomic mass is 16.4. The van der Waals surface area contributed by atoms with Crippen LogP contribution in [0.1, 0.15) is 38.5 Å². The number of hydrogen-bond donors (Lipinski definition) is 4. The summed E-state index contributed by atoms with van der Waals surface area (Å²) in [4.78, 5) is 18.9. The summed E-state index contributed by atoms with van der Waals surface area (Å²) in [5.74, 6) is -2.62. The molecule has 0 bridgehead atoms. The highest BCUT2D eigenvalue weighted by molar-refractivity contribution is 5.88. The van der Waals surface area contributed by atoms with Crippen molar-refractivity contribution < 1.29 is 19.8 Å². The van der Waals surface area contributed by atoms with Crippen LogP contribution < -0.4 is 11.5 Å². The molecule has 6 N–H and O–H groups in total. The Labute approximate surface area is 88.3 Å². The van der Waals surface area contributed by atoms with Gasteiger partial charge in [0.05, 0.1) is 5.66 Å². The first kappa shape index (κ1) is 13.9. The second-order valence-corrected chi connectivity index (χ2v) is 3.76. The zero-order valence-electron chi connectivity index (χ0n) is 8.61. The van der Waals surface area contributed by atoms with E-state index in [1.54, 1.807) is 0 Å². The van der Waals surface area contributed by atoms with Gasteiger partial charge in [0.15, 0.2) is 0 Å². The van der Waals surface area contributed by atoms with E-state index in [-0.39, 0.29) is 5.66 Å². The molecule has 6 nitrogen and oxygen atoms in total. The van der Waals surface area contributed by atoms with Crippen molar-refractivity contribution in [2.75, 3.05) is 0 Å². The van der Waals surface area contributed by atoms with Crippen LogP contribution in [0.15, 0.2) is 0 Å². The molecule has 1 fully saturated rings. The zero-order chi connectivity index (χ0) is 11.9. The van der Waals surface area contributed by atoms with Crippen molar-refractivity contribution >= 4 is 11.9 Å². The number of aliphatic carboxylic acids is 2. The van der Waals surface area contributed by atoms with Crippen LogP contribution in [0.2, 0.25) is 0 Å². The molecule has 0 aliphatic heterocycles. The third kappa shape index (κ3) is 9.17. The maximum atomic E-state index is 9.43. The third-order valence-corrected chi connectivity index (χ3v) is 2.09. The lowest BCUT2D eigenvalue weighted by Crippen LogP contribution is -2.50. The number of carboxylic acid groups (broad SMARTS) is 2.